The van der Waals surface area contributed by atoms with Gasteiger partial charge in [0.15, 0.2) is 0 Å². The summed E-state index contributed by atoms with van der Waals surface area (Å²) >= 11 is 6.23. The second-order valence-corrected chi connectivity index (χ2v) is 6.12. The van der Waals surface area contributed by atoms with E-state index in [1.165, 1.54) is 5.56 Å². The third-order valence-corrected chi connectivity index (χ3v) is 4.50. The number of aryl methyl sites for hydroxylation is 2. The molecule has 5 heteroatoms. The van der Waals surface area contributed by atoms with Gasteiger partial charge in [0.05, 0.1) is 5.02 Å². The van der Waals surface area contributed by atoms with Crippen LogP contribution >= 0.6 is 11.6 Å². The third-order valence-electron chi connectivity index (χ3n) is 4.20. The highest BCUT2D eigenvalue weighted by Gasteiger charge is 2.15. The quantitative estimate of drug-likeness (QED) is 0.574. The molecule has 3 aromatic heterocycles. The fourth-order valence-electron chi connectivity index (χ4n) is 3.00. The van der Waals surface area contributed by atoms with E-state index in [2.05, 4.69) is 29.0 Å². The minimum absolute atomic E-state index is 0.0890. The van der Waals surface area contributed by atoms with Crippen LogP contribution in [-0.2, 0) is 7.05 Å². The third kappa shape index (κ3) is 2.06. The molecule has 4 rings (SSSR count). The van der Waals surface area contributed by atoms with Crippen molar-refractivity contribution < 1.29 is 0 Å². The zero-order valence-corrected chi connectivity index (χ0v) is 13.5. The molecule has 4 aromatic rings. The summed E-state index contributed by atoms with van der Waals surface area (Å²) in [5.41, 5.74) is 4.19. The maximum Gasteiger partial charge on any atom is 0.259 e. The topological polar surface area (TPSA) is 50.7 Å². The summed E-state index contributed by atoms with van der Waals surface area (Å²) in [6.07, 6.45) is 3.20. The van der Waals surface area contributed by atoms with Crippen LogP contribution in [0.4, 0.5) is 0 Å². The fraction of sp³-hybridized carbons (Fsp3) is 0.111. The van der Waals surface area contributed by atoms with E-state index in [1.807, 2.05) is 12.1 Å². The van der Waals surface area contributed by atoms with Crippen LogP contribution in [0.2, 0.25) is 5.02 Å². The number of H-pyrrole nitrogens is 1. The first kappa shape index (κ1) is 14.0. The average molecular weight is 324 g/mol. The van der Waals surface area contributed by atoms with Gasteiger partial charge in [-0.15, -0.1) is 0 Å². The molecule has 0 radical (unpaired) electrons. The molecule has 0 aliphatic rings. The van der Waals surface area contributed by atoms with Crippen molar-refractivity contribution in [2.75, 3.05) is 0 Å². The van der Waals surface area contributed by atoms with Crippen molar-refractivity contribution in [2.24, 2.45) is 7.05 Å². The summed E-state index contributed by atoms with van der Waals surface area (Å²) in [6, 6.07) is 9.89. The Morgan fingerprint density at radius 2 is 1.96 bits per heavy atom. The number of halogens is 1. The van der Waals surface area contributed by atoms with Crippen LogP contribution in [0.5, 0.6) is 0 Å². The van der Waals surface area contributed by atoms with Gasteiger partial charge in [0.25, 0.3) is 5.56 Å². The summed E-state index contributed by atoms with van der Waals surface area (Å²) in [5, 5.41) is 2.58. The van der Waals surface area contributed by atoms with Crippen LogP contribution in [0.3, 0.4) is 0 Å². The van der Waals surface area contributed by atoms with Crippen LogP contribution in [0.1, 0.15) is 5.56 Å². The van der Waals surface area contributed by atoms with Gasteiger partial charge in [-0.05, 0) is 31.2 Å². The van der Waals surface area contributed by atoms with Gasteiger partial charge in [0.2, 0.25) is 0 Å². The van der Waals surface area contributed by atoms with Crippen molar-refractivity contribution >= 4 is 33.5 Å². The number of hydrogen-bond donors (Lipinski definition) is 1. The lowest BCUT2D eigenvalue weighted by atomic mass is 10.1. The van der Waals surface area contributed by atoms with Gasteiger partial charge < -0.3 is 4.98 Å². The number of aromatic amines is 1. The van der Waals surface area contributed by atoms with Crippen LogP contribution in [0.25, 0.3) is 33.1 Å². The first-order valence-corrected chi connectivity index (χ1v) is 7.66. The van der Waals surface area contributed by atoms with E-state index in [9.17, 15) is 4.79 Å². The van der Waals surface area contributed by atoms with Gasteiger partial charge >= 0.3 is 0 Å². The first-order valence-electron chi connectivity index (χ1n) is 7.28. The van der Waals surface area contributed by atoms with Crippen molar-refractivity contribution in [1.82, 2.24) is 14.5 Å². The summed E-state index contributed by atoms with van der Waals surface area (Å²) in [7, 11) is 1.77. The highest BCUT2D eigenvalue weighted by atomic mass is 35.5. The highest BCUT2D eigenvalue weighted by molar-refractivity contribution is 6.33. The molecule has 0 saturated heterocycles. The molecule has 4 nitrogen and oxygen atoms in total. The summed E-state index contributed by atoms with van der Waals surface area (Å²) in [5.74, 6) is 0. The normalized spacial score (nSPS) is 11.4. The Morgan fingerprint density at radius 3 is 2.74 bits per heavy atom. The molecule has 0 unspecified atom stereocenters. The number of nitrogens with zero attached hydrogens (tertiary/aromatic N) is 2. The number of nitrogens with one attached hydrogen (secondary N) is 1. The molecular formula is C18H14ClN3O. The number of benzene rings is 1. The summed E-state index contributed by atoms with van der Waals surface area (Å²) in [4.78, 5) is 20.1. The van der Waals surface area contributed by atoms with E-state index < -0.39 is 0 Å². The van der Waals surface area contributed by atoms with Crippen molar-refractivity contribution in [3.8, 4) is 11.1 Å². The van der Waals surface area contributed by atoms with E-state index in [0.29, 0.717) is 16.1 Å². The Hall–Kier alpha value is -2.59. The Bertz CT molecular complexity index is 1120. The number of fused-ring (bicyclic) bond motifs is 3. The van der Waals surface area contributed by atoms with Crippen LogP contribution in [-0.4, -0.2) is 14.5 Å². The van der Waals surface area contributed by atoms with Gasteiger partial charge in [0, 0.05) is 46.9 Å². The van der Waals surface area contributed by atoms with Crippen LogP contribution in [0, 0.1) is 6.92 Å². The number of aromatic nitrogens is 3. The molecule has 1 aromatic carbocycles. The van der Waals surface area contributed by atoms with E-state index in [-0.39, 0.29) is 5.56 Å². The molecule has 0 saturated carbocycles. The number of rotatable bonds is 1. The lowest BCUT2D eigenvalue weighted by Gasteiger charge is -2.07. The van der Waals surface area contributed by atoms with E-state index >= 15 is 0 Å². The first-order chi connectivity index (χ1) is 11.1. The van der Waals surface area contributed by atoms with E-state index in [0.717, 1.165) is 21.9 Å². The Kier molecular flexibility index (Phi) is 3.03. The van der Waals surface area contributed by atoms with Crippen molar-refractivity contribution in [3.63, 3.8) is 0 Å². The molecule has 0 fully saturated rings. The standard InChI is InChI=1S/C18H14ClN3O/c1-10-3-4-16-12(7-10)13-8-14(11-5-6-20-9-15(11)19)18(23)22(2)17(13)21-16/h3-9,21H,1-2H3. The van der Waals surface area contributed by atoms with Crippen LogP contribution in [0.15, 0.2) is 47.5 Å². The predicted molar refractivity (Wildman–Crippen MR) is 94.0 cm³/mol. The Labute approximate surface area is 137 Å². The SMILES string of the molecule is Cc1ccc2[nH]c3c(cc(-c4ccncc4Cl)c(=O)n3C)c2c1. The molecular weight excluding hydrogens is 310 g/mol. The van der Waals surface area contributed by atoms with E-state index in [1.54, 1.807) is 30.1 Å². The zero-order chi connectivity index (χ0) is 16.1. The maximum absolute atomic E-state index is 12.7. The fourth-order valence-corrected chi connectivity index (χ4v) is 3.22. The van der Waals surface area contributed by atoms with Crippen molar-refractivity contribution in [3.05, 3.63) is 63.7 Å². The molecule has 0 aliphatic heterocycles. The second kappa shape index (κ2) is 4.96. The maximum atomic E-state index is 12.7. The van der Waals surface area contributed by atoms with Gasteiger partial charge in [-0.25, -0.2) is 0 Å². The van der Waals surface area contributed by atoms with E-state index in [4.69, 9.17) is 11.6 Å². The Balaban J connectivity index is 2.17. The molecule has 0 amide bonds. The Morgan fingerprint density at radius 1 is 1.13 bits per heavy atom. The smallest absolute Gasteiger partial charge is 0.259 e. The summed E-state index contributed by atoms with van der Waals surface area (Å²) in [6.45, 7) is 2.06. The predicted octanol–water partition coefficient (Wildman–Crippen LogP) is 4.04. The lowest BCUT2D eigenvalue weighted by molar-refractivity contribution is 0.896. The van der Waals surface area contributed by atoms with Gasteiger partial charge in [-0.1, -0.05) is 23.2 Å². The van der Waals surface area contributed by atoms with Gasteiger partial charge in [-0.3, -0.25) is 14.3 Å². The minimum atomic E-state index is -0.0890. The number of pyridine rings is 2. The molecule has 0 bridgehead atoms. The molecule has 23 heavy (non-hydrogen) atoms. The molecule has 0 spiro atoms. The summed E-state index contributed by atoms with van der Waals surface area (Å²) < 4.78 is 1.64. The molecule has 0 atom stereocenters. The number of hydrogen-bond acceptors (Lipinski definition) is 2. The average Bonchev–Trinajstić information content (AvgIpc) is 2.90. The van der Waals surface area contributed by atoms with Crippen molar-refractivity contribution in [1.29, 1.82) is 0 Å². The second-order valence-electron chi connectivity index (χ2n) is 5.71. The largest absolute Gasteiger partial charge is 0.341 e. The molecule has 3 heterocycles. The van der Waals surface area contributed by atoms with Crippen molar-refractivity contribution in [2.45, 2.75) is 6.92 Å². The molecule has 114 valence electrons. The monoisotopic (exact) mass is 323 g/mol. The molecule has 0 aliphatic carbocycles. The minimum Gasteiger partial charge on any atom is -0.341 e. The highest BCUT2D eigenvalue weighted by Crippen LogP contribution is 2.30. The van der Waals surface area contributed by atoms with Gasteiger partial charge in [0.1, 0.15) is 5.65 Å². The molecule has 1 N–H and O–H groups in total. The zero-order valence-electron chi connectivity index (χ0n) is 12.7. The lowest BCUT2D eigenvalue weighted by Crippen LogP contribution is -2.19. The van der Waals surface area contributed by atoms with Gasteiger partial charge in [-0.2, -0.15) is 0 Å². The van der Waals surface area contributed by atoms with Crippen LogP contribution < -0.4 is 5.56 Å².